The summed E-state index contributed by atoms with van der Waals surface area (Å²) >= 11 is 0. The monoisotopic (exact) mass is 315 g/mol. The van der Waals surface area contributed by atoms with Gasteiger partial charge in [-0.1, -0.05) is 12.2 Å². The maximum absolute atomic E-state index is 12.6. The maximum Gasteiger partial charge on any atom is 0.221 e. The number of aliphatic hydroxyl groups is 1. The van der Waals surface area contributed by atoms with Gasteiger partial charge in [-0.2, -0.15) is 0 Å². The fraction of sp³-hybridized carbons (Fsp3) is 0.611. The Balaban J connectivity index is 1.80. The average Bonchev–Trinajstić information content (AvgIpc) is 2.82. The zero-order valence-corrected chi connectivity index (χ0v) is 13.4. The summed E-state index contributed by atoms with van der Waals surface area (Å²) in [6.07, 6.45) is 8.18. The van der Waals surface area contributed by atoms with Crippen LogP contribution in [0.15, 0.2) is 35.5 Å². The number of ether oxygens (including phenoxy) is 2. The molecule has 1 spiro atoms. The molecule has 0 amide bonds. The normalized spacial score (nSPS) is 50.5. The summed E-state index contributed by atoms with van der Waals surface area (Å²) < 4.78 is 11.5. The summed E-state index contributed by atoms with van der Waals surface area (Å²) in [6, 6.07) is 0.351. The minimum Gasteiger partial charge on any atom is -0.371 e. The molecule has 5 nitrogen and oxygen atoms in total. The standard InChI is InChI=1S/C18H21NO4/c1-19-8-7-17-11-4-5-13(20)16(17)23-18(21)14(22-2)6-3-10(15(17)18)9-12(11)19/h3-6,11-12,14,16,21H,7-9H2,1-2H3/t11-,12+,14?,16-,17-,18?/m0/s1. The third-order valence-corrected chi connectivity index (χ3v) is 6.63. The molecule has 23 heavy (non-hydrogen) atoms. The van der Waals surface area contributed by atoms with Crippen molar-refractivity contribution in [2.45, 2.75) is 36.9 Å². The lowest BCUT2D eigenvalue weighted by molar-refractivity contribution is -0.223. The molecular formula is C18H21NO4. The Labute approximate surface area is 135 Å². The van der Waals surface area contributed by atoms with E-state index in [0.29, 0.717) is 6.04 Å². The van der Waals surface area contributed by atoms with Gasteiger partial charge in [0.25, 0.3) is 0 Å². The molecule has 0 saturated carbocycles. The molecule has 5 heteroatoms. The number of piperidine rings is 1. The number of carbonyl (C=O) groups excluding carboxylic acids is 1. The SMILES string of the molecule is COC1C=CC2=C3C1(O)O[C@H]1C(=O)C=C[C@H]4[C@@H](C2)N(C)CC[C@]314. The summed E-state index contributed by atoms with van der Waals surface area (Å²) in [5, 5.41) is 11.4. The van der Waals surface area contributed by atoms with Crippen LogP contribution < -0.4 is 0 Å². The fourth-order valence-corrected chi connectivity index (χ4v) is 5.69. The molecule has 2 fully saturated rings. The van der Waals surface area contributed by atoms with E-state index in [-0.39, 0.29) is 11.7 Å². The summed E-state index contributed by atoms with van der Waals surface area (Å²) in [5.41, 5.74) is 1.63. The lowest BCUT2D eigenvalue weighted by Crippen LogP contribution is -2.61. The third-order valence-electron chi connectivity index (χ3n) is 6.63. The highest BCUT2D eigenvalue weighted by Crippen LogP contribution is 2.65. The molecule has 3 aliphatic carbocycles. The largest absolute Gasteiger partial charge is 0.371 e. The first kappa shape index (κ1) is 14.1. The number of likely N-dealkylation sites (tertiary alicyclic amines) is 1. The number of rotatable bonds is 1. The van der Waals surface area contributed by atoms with Gasteiger partial charge >= 0.3 is 0 Å². The summed E-state index contributed by atoms with van der Waals surface area (Å²) in [5.74, 6) is -1.33. The number of nitrogens with zero attached hydrogens (tertiary/aromatic N) is 1. The van der Waals surface area contributed by atoms with Crippen LogP contribution in [0.5, 0.6) is 0 Å². The van der Waals surface area contributed by atoms with Gasteiger partial charge in [0, 0.05) is 30.1 Å². The zero-order valence-electron chi connectivity index (χ0n) is 13.4. The van der Waals surface area contributed by atoms with E-state index < -0.39 is 23.4 Å². The van der Waals surface area contributed by atoms with Gasteiger partial charge in [0.1, 0.15) is 12.2 Å². The molecule has 0 aromatic carbocycles. The first-order chi connectivity index (χ1) is 11.0. The lowest BCUT2D eigenvalue weighted by Gasteiger charge is -2.56. The van der Waals surface area contributed by atoms with Crippen molar-refractivity contribution in [1.82, 2.24) is 4.90 Å². The predicted molar refractivity (Wildman–Crippen MR) is 82.5 cm³/mol. The van der Waals surface area contributed by atoms with Crippen molar-refractivity contribution < 1.29 is 19.4 Å². The first-order valence-corrected chi connectivity index (χ1v) is 8.30. The molecule has 6 atom stereocenters. The van der Waals surface area contributed by atoms with E-state index in [9.17, 15) is 9.90 Å². The van der Waals surface area contributed by atoms with E-state index >= 15 is 0 Å². The molecule has 2 saturated heterocycles. The highest BCUT2D eigenvalue weighted by molar-refractivity contribution is 5.97. The van der Waals surface area contributed by atoms with Gasteiger partial charge in [0.2, 0.25) is 5.79 Å². The van der Waals surface area contributed by atoms with E-state index in [2.05, 4.69) is 24.1 Å². The van der Waals surface area contributed by atoms with Gasteiger partial charge in [0.15, 0.2) is 5.78 Å². The predicted octanol–water partition coefficient (Wildman–Crippen LogP) is 0.804. The van der Waals surface area contributed by atoms with Gasteiger partial charge in [0.05, 0.1) is 0 Å². The van der Waals surface area contributed by atoms with Crippen molar-refractivity contribution in [3.63, 3.8) is 0 Å². The molecule has 0 aromatic rings. The number of ketones is 1. The first-order valence-electron chi connectivity index (χ1n) is 8.30. The van der Waals surface area contributed by atoms with Crippen LogP contribution in [-0.2, 0) is 14.3 Å². The molecule has 2 aliphatic heterocycles. The Morgan fingerprint density at radius 1 is 1.39 bits per heavy atom. The Bertz CT molecular complexity index is 695. The maximum atomic E-state index is 12.6. The van der Waals surface area contributed by atoms with Gasteiger partial charge < -0.3 is 19.5 Å². The van der Waals surface area contributed by atoms with E-state index in [1.54, 1.807) is 13.2 Å². The van der Waals surface area contributed by atoms with Crippen molar-refractivity contribution in [3.05, 3.63) is 35.5 Å². The number of hydrogen-bond acceptors (Lipinski definition) is 5. The molecule has 1 N–H and O–H groups in total. The van der Waals surface area contributed by atoms with Crippen LogP contribution in [0.1, 0.15) is 12.8 Å². The van der Waals surface area contributed by atoms with Crippen molar-refractivity contribution in [1.29, 1.82) is 0 Å². The second-order valence-electron chi connectivity index (χ2n) is 7.44. The second-order valence-corrected chi connectivity index (χ2v) is 7.44. The number of carbonyl (C=O) groups is 1. The lowest BCUT2D eigenvalue weighted by atomic mass is 9.52. The summed E-state index contributed by atoms with van der Waals surface area (Å²) in [7, 11) is 3.72. The van der Waals surface area contributed by atoms with E-state index in [0.717, 1.165) is 30.5 Å². The van der Waals surface area contributed by atoms with E-state index in [1.807, 2.05) is 6.08 Å². The number of allylic oxidation sites excluding steroid dienone is 1. The topological polar surface area (TPSA) is 59.0 Å². The molecule has 122 valence electrons. The van der Waals surface area contributed by atoms with Crippen LogP contribution in [0.4, 0.5) is 0 Å². The van der Waals surface area contributed by atoms with Crippen LogP contribution >= 0.6 is 0 Å². The molecular weight excluding hydrogens is 294 g/mol. The number of methoxy groups -OCH3 is 1. The van der Waals surface area contributed by atoms with Crippen LogP contribution in [-0.4, -0.2) is 60.5 Å². The van der Waals surface area contributed by atoms with Gasteiger partial charge in [-0.25, -0.2) is 0 Å². The quantitative estimate of drug-likeness (QED) is 0.776. The Kier molecular flexibility index (Phi) is 2.59. The Hall–Kier alpha value is -1.27. The van der Waals surface area contributed by atoms with Crippen molar-refractivity contribution in [2.24, 2.45) is 11.3 Å². The fourth-order valence-electron chi connectivity index (χ4n) is 5.69. The summed E-state index contributed by atoms with van der Waals surface area (Å²) in [6.45, 7) is 0.913. The van der Waals surface area contributed by atoms with Gasteiger partial charge in [-0.15, -0.1) is 0 Å². The van der Waals surface area contributed by atoms with Gasteiger partial charge in [-0.05, 0) is 44.2 Å². The van der Waals surface area contributed by atoms with Crippen LogP contribution in [0.25, 0.3) is 0 Å². The van der Waals surface area contributed by atoms with E-state index in [4.69, 9.17) is 9.47 Å². The Morgan fingerprint density at radius 3 is 3.00 bits per heavy atom. The molecule has 2 heterocycles. The Morgan fingerprint density at radius 2 is 2.22 bits per heavy atom. The smallest absolute Gasteiger partial charge is 0.221 e. The highest BCUT2D eigenvalue weighted by Gasteiger charge is 2.71. The second kappa shape index (κ2) is 4.22. The van der Waals surface area contributed by atoms with Crippen LogP contribution in [0.3, 0.4) is 0 Å². The van der Waals surface area contributed by atoms with E-state index in [1.165, 1.54) is 0 Å². The molecule has 0 radical (unpaired) electrons. The average molecular weight is 315 g/mol. The van der Waals surface area contributed by atoms with Crippen molar-refractivity contribution in [2.75, 3.05) is 20.7 Å². The highest BCUT2D eigenvalue weighted by atomic mass is 16.7. The molecule has 2 unspecified atom stereocenters. The summed E-state index contributed by atoms with van der Waals surface area (Å²) in [4.78, 5) is 15.0. The van der Waals surface area contributed by atoms with Crippen molar-refractivity contribution >= 4 is 5.78 Å². The minimum atomic E-state index is -1.51. The molecule has 2 bridgehead atoms. The molecule has 5 rings (SSSR count). The zero-order chi connectivity index (χ0) is 16.0. The molecule has 0 aromatic heterocycles. The minimum absolute atomic E-state index is 0.0315. The third kappa shape index (κ3) is 1.41. The molecule has 5 aliphatic rings. The van der Waals surface area contributed by atoms with Crippen LogP contribution in [0, 0.1) is 11.3 Å². The van der Waals surface area contributed by atoms with Crippen LogP contribution in [0.2, 0.25) is 0 Å². The van der Waals surface area contributed by atoms with Crippen molar-refractivity contribution in [3.8, 4) is 0 Å². The number of hydrogen-bond donors (Lipinski definition) is 1. The van der Waals surface area contributed by atoms with Gasteiger partial charge in [-0.3, -0.25) is 4.79 Å².